The van der Waals surface area contributed by atoms with E-state index >= 15 is 0 Å². The summed E-state index contributed by atoms with van der Waals surface area (Å²) in [5.74, 6) is -2.52. The van der Waals surface area contributed by atoms with Crippen LogP contribution in [0.15, 0.2) is 70.1 Å². The van der Waals surface area contributed by atoms with Gasteiger partial charge in [-0.2, -0.15) is 38.2 Å². The minimum absolute atomic E-state index is 0.0269. The zero-order valence-corrected chi connectivity index (χ0v) is 47.4. The third kappa shape index (κ3) is 16.1. The number of anilines is 1. The summed E-state index contributed by atoms with van der Waals surface area (Å²) in [6.45, 7) is 16.7. The lowest BCUT2D eigenvalue weighted by molar-refractivity contribution is -0.440. The molecule has 0 spiro atoms. The van der Waals surface area contributed by atoms with Crippen LogP contribution in [0.25, 0.3) is 0 Å². The third-order valence-corrected chi connectivity index (χ3v) is 17.7. The van der Waals surface area contributed by atoms with Gasteiger partial charge >= 0.3 is 5.97 Å². The number of aromatic hydroxyl groups is 2. The highest BCUT2D eigenvalue weighted by Crippen LogP contribution is 2.54. The van der Waals surface area contributed by atoms with E-state index in [4.69, 9.17) is 9.57 Å². The second-order valence-electron chi connectivity index (χ2n) is 22.0. The van der Waals surface area contributed by atoms with Crippen LogP contribution < -0.4 is 9.74 Å². The fourth-order valence-corrected chi connectivity index (χ4v) is 12.5. The number of benzene rings is 2. The highest BCUT2D eigenvalue weighted by Gasteiger charge is 2.50. The summed E-state index contributed by atoms with van der Waals surface area (Å²) < 4.78 is 146. The zero-order chi connectivity index (χ0) is 56.2. The molecule has 5 rings (SSSR count). The summed E-state index contributed by atoms with van der Waals surface area (Å²) in [6.07, 6.45) is 7.71. The maximum Gasteiger partial charge on any atom is 0.333 e. The first-order valence-electron chi connectivity index (χ1n) is 25.2. The molecule has 6 N–H and O–H groups in total. The molecule has 0 radical (unpaired) electrons. The third-order valence-electron chi connectivity index (χ3n) is 14.4. The Morgan fingerprint density at radius 3 is 1.84 bits per heavy atom. The van der Waals surface area contributed by atoms with E-state index in [2.05, 4.69) is 22.5 Å². The first kappa shape index (κ1) is 61.5. The number of fused-ring (bicyclic) bond motifs is 2. The normalized spacial score (nSPS) is 19.5. The van der Waals surface area contributed by atoms with Crippen molar-refractivity contribution in [2.45, 2.75) is 177 Å². The number of allylic oxidation sites excluding steroid dienone is 2. The summed E-state index contributed by atoms with van der Waals surface area (Å²) >= 11 is 0. The zero-order valence-electron chi connectivity index (χ0n) is 44.2. The van der Waals surface area contributed by atoms with Gasteiger partial charge < -0.3 is 24.7 Å². The van der Waals surface area contributed by atoms with Crippen molar-refractivity contribution in [1.29, 1.82) is 0 Å². The van der Waals surface area contributed by atoms with Crippen LogP contribution in [0.2, 0.25) is 0 Å². The maximum absolute atomic E-state index is 12.6. The van der Waals surface area contributed by atoms with Crippen molar-refractivity contribution >= 4 is 63.5 Å². The molecule has 2 aliphatic rings. The van der Waals surface area contributed by atoms with E-state index in [1.54, 1.807) is 12.1 Å². The molecule has 0 amide bonds. The number of ether oxygens (including phenoxy) is 1. The second kappa shape index (κ2) is 23.7. The number of nitrogens with zero attached hydrogens (tertiary/aromatic N) is 3. The Morgan fingerprint density at radius 2 is 1.28 bits per heavy atom. The van der Waals surface area contributed by atoms with Gasteiger partial charge in [-0.05, 0) is 154 Å². The second-order valence-corrected chi connectivity index (χ2v) is 28.0. The number of rotatable bonds is 28. The van der Waals surface area contributed by atoms with Gasteiger partial charge in [-0.3, -0.25) is 18.2 Å². The maximum atomic E-state index is 12.6. The van der Waals surface area contributed by atoms with E-state index in [1.807, 2.05) is 48.5 Å². The Kier molecular flexibility index (Phi) is 19.4. The Balaban J connectivity index is 1.42. The van der Waals surface area contributed by atoms with Crippen molar-refractivity contribution in [3.8, 4) is 11.8 Å². The van der Waals surface area contributed by atoms with Crippen molar-refractivity contribution < 1.29 is 81.0 Å². The van der Waals surface area contributed by atoms with E-state index in [9.17, 15) is 66.9 Å². The number of carbonyl (C=O) groups excluding carboxylic acids is 1. The first-order chi connectivity index (χ1) is 34.5. The van der Waals surface area contributed by atoms with Crippen LogP contribution in [0.4, 0.5) is 11.4 Å². The molecule has 20 nitrogen and oxygen atoms in total. The lowest BCUT2D eigenvalue weighted by Crippen LogP contribution is -2.45. The average molecular weight is 1130 g/mol. The van der Waals surface area contributed by atoms with Crippen LogP contribution in [-0.4, -0.2) is 119 Å². The van der Waals surface area contributed by atoms with Crippen molar-refractivity contribution in [3.63, 3.8) is 0 Å². The van der Waals surface area contributed by atoms with Gasteiger partial charge in [-0.25, -0.2) is 4.79 Å². The van der Waals surface area contributed by atoms with Gasteiger partial charge in [0.25, 0.3) is 40.5 Å². The molecular formula is C51H76N3O17S4+. The smallest absolute Gasteiger partial charge is 0.333 e. The molecule has 75 heavy (non-hydrogen) atoms. The molecule has 2 aliphatic heterocycles. The SMILES string of the molecule is CC(CCCC=C1N(C(C)(C)CCOC(C)(C)C)c2ccc(S(=O)(=O)O)cc2C1(C)CCCS(=O)(=O)O)CCC1=[N+](CCCCCC(=O)On2c(O)ccc2O)c2ccc(S(=O)(=O)O)cc2C1(C)CCCS(=O)(=O)O. The highest BCUT2D eigenvalue weighted by atomic mass is 32.2. The predicted molar refractivity (Wildman–Crippen MR) is 283 cm³/mol. The van der Waals surface area contributed by atoms with Crippen LogP contribution in [0, 0.1) is 5.92 Å². The van der Waals surface area contributed by atoms with Gasteiger partial charge in [0.15, 0.2) is 5.71 Å². The number of carbonyl (C=O) groups is 1. The molecule has 3 unspecified atom stereocenters. The fourth-order valence-electron chi connectivity index (χ4n) is 10.5. The van der Waals surface area contributed by atoms with Gasteiger partial charge in [-0.1, -0.05) is 19.4 Å². The topological polar surface area (TPSA) is 305 Å². The molecular weight excluding hydrogens is 1050 g/mol. The molecule has 0 bridgehead atoms. The Morgan fingerprint density at radius 1 is 0.720 bits per heavy atom. The molecule has 0 saturated carbocycles. The highest BCUT2D eigenvalue weighted by molar-refractivity contribution is 7.86. The van der Waals surface area contributed by atoms with E-state index < -0.39 is 91.7 Å². The first-order valence-corrected chi connectivity index (χ1v) is 31.3. The average Bonchev–Trinajstić information content (AvgIpc) is 3.81. The van der Waals surface area contributed by atoms with Crippen molar-refractivity contribution in [2.75, 3.05) is 29.6 Å². The molecule has 0 fully saturated rings. The van der Waals surface area contributed by atoms with E-state index in [0.717, 1.165) is 17.8 Å². The number of aromatic nitrogens is 1. The van der Waals surface area contributed by atoms with Crippen LogP contribution in [0.3, 0.4) is 0 Å². The molecule has 3 atom stereocenters. The van der Waals surface area contributed by atoms with Gasteiger partial charge in [0.2, 0.25) is 17.4 Å². The molecule has 24 heteroatoms. The van der Waals surface area contributed by atoms with E-state index in [1.165, 1.54) is 36.4 Å². The summed E-state index contributed by atoms with van der Waals surface area (Å²) in [4.78, 5) is 19.1. The molecule has 2 aromatic carbocycles. The quantitative estimate of drug-likeness (QED) is 0.0225. The van der Waals surface area contributed by atoms with Crippen molar-refractivity contribution in [3.05, 3.63) is 71.4 Å². The minimum atomic E-state index is -4.64. The van der Waals surface area contributed by atoms with Crippen LogP contribution in [-0.2, 0) is 60.8 Å². The molecule has 3 aromatic rings. The standard InChI is InChI=1S/C51H75N3O17S4/c1-36(16-11-12-17-44-51(8,28-15-33-73(61,62)63)40-35-38(75(67,68)69)21-23-42(40)53(44)49(5,6)29-31-70-48(2,3)4)19-24-43-50(7,27-14-32-72(58,59)60)39-34-37(74(64,65)66)20-22-41(39)52(43)30-13-9-10-18-47(57)71-54-45(55)25-26-46(54)56/h17,20-23,25-26,34-36H,9-16,18-19,24,27-33H2,1-8H3,(H5-,55,56,58,59,60,61,62,63,64,65,66,67,68,69)/p+1. The van der Waals surface area contributed by atoms with E-state index in [0.29, 0.717) is 91.8 Å². The molecule has 0 saturated heterocycles. The molecule has 3 heterocycles. The van der Waals surface area contributed by atoms with Crippen LogP contribution >= 0.6 is 0 Å². The summed E-state index contributed by atoms with van der Waals surface area (Å²) in [6, 6.07) is 11.1. The number of unbranched alkanes of at least 4 members (excludes halogenated alkanes) is 3. The molecule has 0 aliphatic carbocycles. The summed E-state index contributed by atoms with van der Waals surface area (Å²) in [7, 11) is -17.9. The summed E-state index contributed by atoms with van der Waals surface area (Å²) in [5.41, 5.74) is 1.27. The molecule has 1 aromatic heterocycles. The van der Waals surface area contributed by atoms with Gasteiger partial charge in [0.05, 0.1) is 32.3 Å². The van der Waals surface area contributed by atoms with Gasteiger partial charge in [-0.15, -0.1) is 4.73 Å². The Hall–Kier alpha value is -4.40. The Bertz CT molecular complexity index is 3070. The van der Waals surface area contributed by atoms with Crippen LogP contribution in [0.1, 0.15) is 156 Å². The monoisotopic (exact) mass is 1130 g/mol. The predicted octanol–water partition coefficient (Wildman–Crippen LogP) is 8.53. The van der Waals surface area contributed by atoms with E-state index in [-0.39, 0.29) is 47.8 Å². The Labute approximate surface area is 442 Å². The lowest BCUT2D eigenvalue weighted by Gasteiger charge is -2.42. The molecule has 420 valence electrons. The largest absolute Gasteiger partial charge is 0.492 e. The number of hydrogen-bond acceptors (Lipinski definition) is 14. The van der Waals surface area contributed by atoms with Crippen molar-refractivity contribution in [2.24, 2.45) is 5.92 Å². The number of hydrogen-bond donors (Lipinski definition) is 6. The lowest BCUT2D eigenvalue weighted by atomic mass is 9.74. The van der Waals surface area contributed by atoms with Gasteiger partial charge in [0, 0.05) is 72.0 Å². The minimum Gasteiger partial charge on any atom is -0.492 e. The fraction of sp³-hybridized carbons (Fsp3) is 0.608. The van der Waals surface area contributed by atoms with Crippen LogP contribution in [0.5, 0.6) is 11.8 Å². The summed E-state index contributed by atoms with van der Waals surface area (Å²) in [5, 5.41) is 19.7. The van der Waals surface area contributed by atoms with Crippen molar-refractivity contribution in [1.82, 2.24) is 4.73 Å². The van der Waals surface area contributed by atoms with Gasteiger partial charge in [0.1, 0.15) is 6.54 Å².